The molecule has 0 aliphatic carbocycles. The molecule has 0 bridgehead atoms. The quantitative estimate of drug-likeness (QED) is 0.150. The molecule has 5 aromatic carbocycles. The highest BCUT2D eigenvalue weighted by Crippen LogP contribution is 2.37. The standard InChI is InChI=1S/C42H36N2O/c1-27-17-20-34-33-14-8-9-16-39(33)45-41(34)40(27)37-15-10-11-22-43(37)44-23-21-31(42(3,4)5)26-38(44)35-25-30-19-18-29-12-6-7-13-32(29)36(30)24-28(35)2/h6-26H,1-5H3/q+2. The Balaban J connectivity index is 1.41. The van der Waals surface area contributed by atoms with E-state index < -0.39 is 0 Å². The van der Waals surface area contributed by atoms with Crippen LogP contribution in [0.5, 0.6) is 0 Å². The molecular weight excluding hydrogens is 548 g/mol. The van der Waals surface area contributed by atoms with Gasteiger partial charge in [-0.15, -0.1) is 0 Å². The summed E-state index contributed by atoms with van der Waals surface area (Å²) < 4.78 is 11.1. The highest BCUT2D eigenvalue weighted by Gasteiger charge is 2.32. The molecule has 3 heterocycles. The van der Waals surface area contributed by atoms with Crippen LogP contribution in [0.1, 0.15) is 37.5 Å². The van der Waals surface area contributed by atoms with Gasteiger partial charge in [-0.05, 0) is 81.8 Å². The average molecular weight is 585 g/mol. The van der Waals surface area contributed by atoms with Crippen LogP contribution in [-0.4, -0.2) is 0 Å². The molecule has 0 N–H and O–H groups in total. The topological polar surface area (TPSA) is 20.9 Å². The Kier molecular flexibility index (Phi) is 6.15. The molecule has 8 aromatic rings. The molecule has 0 fully saturated rings. The van der Waals surface area contributed by atoms with Gasteiger partial charge in [0.25, 0.3) is 11.4 Å². The van der Waals surface area contributed by atoms with Crippen molar-refractivity contribution in [1.82, 2.24) is 0 Å². The van der Waals surface area contributed by atoms with Crippen molar-refractivity contribution in [2.45, 2.75) is 40.0 Å². The largest absolute Gasteiger partial charge is 0.455 e. The van der Waals surface area contributed by atoms with Crippen molar-refractivity contribution >= 4 is 43.5 Å². The molecule has 3 heteroatoms. The van der Waals surface area contributed by atoms with Gasteiger partial charge in [0.1, 0.15) is 11.2 Å². The summed E-state index contributed by atoms with van der Waals surface area (Å²) in [5, 5.41) is 7.35. The Labute approximate surface area is 263 Å². The Morgan fingerprint density at radius 1 is 0.533 bits per heavy atom. The number of para-hydroxylation sites is 1. The van der Waals surface area contributed by atoms with E-state index in [9.17, 15) is 0 Å². The Bertz CT molecular complexity index is 2440. The van der Waals surface area contributed by atoms with Crippen molar-refractivity contribution in [3.8, 4) is 22.5 Å². The summed E-state index contributed by atoms with van der Waals surface area (Å²) >= 11 is 0. The van der Waals surface area contributed by atoms with Gasteiger partial charge in [0, 0.05) is 35.0 Å². The zero-order valence-electron chi connectivity index (χ0n) is 26.4. The van der Waals surface area contributed by atoms with E-state index in [0.29, 0.717) is 0 Å². The molecule has 0 radical (unpaired) electrons. The predicted molar refractivity (Wildman–Crippen MR) is 185 cm³/mol. The van der Waals surface area contributed by atoms with Crippen LogP contribution in [0.2, 0.25) is 0 Å². The number of rotatable bonds is 3. The zero-order valence-corrected chi connectivity index (χ0v) is 26.4. The number of hydrogen-bond acceptors (Lipinski definition) is 1. The molecule has 0 spiro atoms. The minimum absolute atomic E-state index is 0.00453. The van der Waals surface area contributed by atoms with Crippen molar-refractivity contribution < 1.29 is 13.8 Å². The number of fused-ring (bicyclic) bond motifs is 6. The molecule has 3 nitrogen and oxygen atoms in total. The highest BCUT2D eigenvalue weighted by molar-refractivity contribution is 6.10. The smallest absolute Gasteiger partial charge is 0.288 e. The third kappa shape index (κ3) is 4.42. The second kappa shape index (κ2) is 10.1. The van der Waals surface area contributed by atoms with Gasteiger partial charge >= 0.3 is 0 Å². The lowest BCUT2D eigenvalue weighted by Crippen LogP contribution is -2.68. The Morgan fingerprint density at radius 3 is 2.11 bits per heavy atom. The molecule has 0 amide bonds. The molecule has 0 atom stereocenters. The first-order valence-electron chi connectivity index (χ1n) is 15.7. The van der Waals surface area contributed by atoms with E-state index >= 15 is 0 Å². The summed E-state index contributed by atoms with van der Waals surface area (Å²) in [6, 6.07) is 41.6. The normalized spacial score (nSPS) is 12.1. The van der Waals surface area contributed by atoms with E-state index in [4.69, 9.17) is 4.42 Å². The van der Waals surface area contributed by atoms with Gasteiger partial charge in [0.15, 0.2) is 0 Å². The molecule has 0 unspecified atom stereocenters. The minimum Gasteiger partial charge on any atom is -0.455 e. The summed E-state index contributed by atoms with van der Waals surface area (Å²) in [5.41, 5.74) is 10.0. The van der Waals surface area contributed by atoms with Gasteiger partial charge in [-0.1, -0.05) is 87.5 Å². The number of benzene rings is 5. The first-order valence-corrected chi connectivity index (χ1v) is 15.7. The number of hydrogen-bond donors (Lipinski definition) is 0. The molecular formula is C42H36N2O+2. The number of aryl methyl sites for hydroxylation is 2. The van der Waals surface area contributed by atoms with Crippen LogP contribution in [0, 0.1) is 13.8 Å². The van der Waals surface area contributed by atoms with Gasteiger partial charge in [-0.25, -0.2) is 0 Å². The fourth-order valence-corrected chi connectivity index (χ4v) is 6.81. The fraction of sp³-hybridized carbons (Fsp3) is 0.143. The zero-order chi connectivity index (χ0) is 30.9. The third-order valence-electron chi connectivity index (χ3n) is 9.25. The molecule has 45 heavy (non-hydrogen) atoms. The van der Waals surface area contributed by atoms with Gasteiger partial charge in [-0.2, -0.15) is 0 Å². The van der Waals surface area contributed by atoms with Crippen molar-refractivity contribution in [2.24, 2.45) is 0 Å². The molecule has 8 rings (SSSR count). The number of pyridine rings is 2. The van der Waals surface area contributed by atoms with Crippen LogP contribution in [-0.2, 0) is 5.41 Å². The summed E-state index contributed by atoms with van der Waals surface area (Å²) in [4.78, 5) is 0. The van der Waals surface area contributed by atoms with Gasteiger partial charge in [0.05, 0.1) is 20.5 Å². The van der Waals surface area contributed by atoms with Gasteiger partial charge < -0.3 is 4.42 Å². The lowest BCUT2D eigenvalue weighted by Gasteiger charge is -2.18. The van der Waals surface area contributed by atoms with Crippen LogP contribution < -0.4 is 9.35 Å². The SMILES string of the molecule is Cc1cc2c(ccc3ccccc32)cc1-c1cc(C(C)(C)C)cc[n+]1-[n+]1ccccc1-c1c(C)ccc2c1oc1ccccc12. The number of aromatic nitrogens is 2. The summed E-state index contributed by atoms with van der Waals surface area (Å²) in [6.45, 7) is 11.2. The monoisotopic (exact) mass is 584 g/mol. The molecule has 0 aliphatic heterocycles. The maximum Gasteiger partial charge on any atom is 0.288 e. The molecule has 0 saturated carbocycles. The van der Waals surface area contributed by atoms with E-state index in [1.807, 2.05) is 6.07 Å². The van der Waals surface area contributed by atoms with Gasteiger partial charge in [0.2, 0.25) is 12.4 Å². The van der Waals surface area contributed by atoms with E-state index in [0.717, 1.165) is 38.9 Å². The van der Waals surface area contributed by atoms with E-state index in [1.54, 1.807) is 0 Å². The molecule has 0 saturated heterocycles. The maximum absolute atomic E-state index is 6.57. The molecule has 0 aliphatic rings. The molecule has 3 aromatic heterocycles. The van der Waals surface area contributed by atoms with E-state index in [1.165, 1.54) is 43.8 Å². The van der Waals surface area contributed by atoms with Crippen molar-refractivity contribution in [3.63, 3.8) is 0 Å². The number of furan rings is 1. The highest BCUT2D eigenvalue weighted by atomic mass is 16.3. The average Bonchev–Trinajstić information content (AvgIpc) is 3.42. The Morgan fingerprint density at radius 2 is 1.27 bits per heavy atom. The second-order valence-corrected chi connectivity index (χ2v) is 13.2. The maximum atomic E-state index is 6.57. The van der Waals surface area contributed by atoms with Crippen LogP contribution in [0.25, 0.3) is 66.0 Å². The fourth-order valence-electron chi connectivity index (χ4n) is 6.81. The van der Waals surface area contributed by atoms with Crippen molar-refractivity contribution in [1.29, 1.82) is 0 Å². The lowest BCUT2D eigenvalue weighted by molar-refractivity contribution is -1.29. The third-order valence-corrected chi connectivity index (χ3v) is 9.25. The lowest BCUT2D eigenvalue weighted by atomic mass is 9.86. The summed E-state index contributed by atoms with van der Waals surface area (Å²) in [6.07, 6.45) is 4.37. The minimum atomic E-state index is -0.00453. The van der Waals surface area contributed by atoms with Crippen LogP contribution in [0.4, 0.5) is 0 Å². The second-order valence-electron chi connectivity index (χ2n) is 13.2. The predicted octanol–water partition coefficient (Wildman–Crippen LogP) is 10.0. The molecule has 218 valence electrons. The van der Waals surface area contributed by atoms with Crippen molar-refractivity contribution in [2.75, 3.05) is 0 Å². The van der Waals surface area contributed by atoms with Crippen LogP contribution >= 0.6 is 0 Å². The van der Waals surface area contributed by atoms with Crippen LogP contribution in [0.3, 0.4) is 0 Å². The van der Waals surface area contributed by atoms with Crippen molar-refractivity contribution in [3.05, 3.63) is 144 Å². The van der Waals surface area contributed by atoms with E-state index in [-0.39, 0.29) is 5.41 Å². The van der Waals surface area contributed by atoms with Crippen LogP contribution in [0.15, 0.2) is 132 Å². The Hall–Kier alpha value is -5.28. The first kappa shape index (κ1) is 27.3. The van der Waals surface area contributed by atoms with Gasteiger partial charge in [-0.3, -0.25) is 0 Å². The first-order chi connectivity index (χ1) is 21.8. The summed E-state index contributed by atoms with van der Waals surface area (Å²) in [7, 11) is 0. The number of nitrogens with zero attached hydrogens (tertiary/aromatic N) is 2. The van der Waals surface area contributed by atoms with E-state index in [2.05, 4.69) is 166 Å². The summed E-state index contributed by atoms with van der Waals surface area (Å²) in [5.74, 6) is 0.